The molecule has 0 aliphatic heterocycles. The molecule has 1 amide bonds. The normalized spacial score (nSPS) is 15.1. The number of rotatable bonds is 6. The molecule has 21 heavy (non-hydrogen) atoms. The summed E-state index contributed by atoms with van der Waals surface area (Å²) in [6.45, 7) is 4.27. The Morgan fingerprint density at radius 2 is 2.10 bits per heavy atom. The number of aryl methyl sites for hydroxylation is 1. The van der Waals surface area contributed by atoms with Crippen LogP contribution in [0.2, 0.25) is 0 Å². The zero-order chi connectivity index (χ0) is 15.2. The molecule has 0 radical (unpaired) electrons. The van der Waals surface area contributed by atoms with Gasteiger partial charge in [0.15, 0.2) is 0 Å². The summed E-state index contributed by atoms with van der Waals surface area (Å²) in [5, 5.41) is 6.64. The lowest BCUT2D eigenvalue weighted by Crippen LogP contribution is -2.34. The van der Waals surface area contributed by atoms with E-state index in [-0.39, 0.29) is 18.4 Å². The van der Waals surface area contributed by atoms with Crippen LogP contribution in [0.3, 0.4) is 0 Å². The Hall–Kier alpha value is -1.40. The fourth-order valence-electron chi connectivity index (χ4n) is 2.51. The molecule has 1 aliphatic carbocycles. The molecule has 0 spiro atoms. The van der Waals surface area contributed by atoms with Crippen molar-refractivity contribution in [3.63, 3.8) is 0 Å². The van der Waals surface area contributed by atoms with E-state index in [1.165, 1.54) is 24.2 Å². The van der Waals surface area contributed by atoms with Crippen molar-refractivity contribution in [2.75, 3.05) is 18.5 Å². The molecule has 1 aromatic heterocycles. The van der Waals surface area contributed by atoms with E-state index in [0.717, 1.165) is 17.7 Å². The smallest absolute Gasteiger partial charge is 0.341 e. The number of carbonyl (C=O) groups excluding carboxylic acids is 2. The van der Waals surface area contributed by atoms with E-state index in [4.69, 9.17) is 4.74 Å². The summed E-state index contributed by atoms with van der Waals surface area (Å²) in [6.07, 6.45) is 4.74. The molecule has 1 fully saturated rings. The number of thiophene rings is 1. The molecule has 1 aromatic rings. The highest BCUT2D eigenvalue weighted by molar-refractivity contribution is 7.16. The van der Waals surface area contributed by atoms with Crippen molar-refractivity contribution in [3.05, 3.63) is 16.5 Å². The molecule has 0 bridgehead atoms. The van der Waals surface area contributed by atoms with Crippen LogP contribution < -0.4 is 10.6 Å². The molecular weight excluding hydrogens is 288 g/mol. The van der Waals surface area contributed by atoms with E-state index >= 15 is 0 Å². The highest BCUT2D eigenvalue weighted by Crippen LogP contribution is 2.28. The molecule has 5 nitrogen and oxygen atoms in total. The Morgan fingerprint density at radius 3 is 2.76 bits per heavy atom. The molecule has 0 unspecified atom stereocenters. The number of ether oxygens (including phenoxy) is 1. The Labute approximate surface area is 129 Å². The predicted octanol–water partition coefficient (Wildman–Crippen LogP) is 2.70. The van der Waals surface area contributed by atoms with Gasteiger partial charge in [0.05, 0.1) is 18.7 Å². The number of hydrogen-bond acceptors (Lipinski definition) is 5. The van der Waals surface area contributed by atoms with Gasteiger partial charge >= 0.3 is 5.97 Å². The van der Waals surface area contributed by atoms with Crippen LogP contribution >= 0.6 is 11.3 Å². The molecule has 0 atom stereocenters. The van der Waals surface area contributed by atoms with Crippen LogP contribution in [0.4, 0.5) is 5.00 Å². The van der Waals surface area contributed by atoms with Gasteiger partial charge in [-0.25, -0.2) is 4.79 Å². The average molecular weight is 310 g/mol. The van der Waals surface area contributed by atoms with Crippen molar-refractivity contribution >= 4 is 28.2 Å². The predicted molar refractivity (Wildman–Crippen MR) is 83.9 cm³/mol. The fourth-order valence-corrected chi connectivity index (χ4v) is 3.42. The highest BCUT2D eigenvalue weighted by Gasteiger charge is 2.19. The number of amides is 1. The summed E-state index contributed by atoms with van der Waals surface area (Å²) in [5.41, 5.74) is 0.438. The van der Waals surface area contributed by atoms with E-state index < -0.39 is 0 Å². The maximum Gasteiger partial charge on any atom is 0.341 e. The van der Waals surface area contributed by atoms with E-state index in [2.05, 4.69) is 10.6 Å². The summed E-state index contributed by atoms with van der Waals surface area (Å²) in [6, 6.07) is 2.20. The molecule has 1 saturated carbocycles. The van der Waals surface area contributed by atoms with Crippen molar-refractivity contribution < 1.29 is 14.3 Å². The minimum absolute atomic E-state index is 0.116. The van der Waals surface area contributed by atoms with E-state index in [1.54, 1.807) is 13.0 Å². The van der Waals surface area contributed by atoms with Crippen LogP contribution in [0.5, 0.6) is 0 Å². The van der Waals surface area contributed by atoms with Crippen molar-refractivity contribution in [2.45, 2.75) is 45.6 Å². The zero-order valence-electron chi connectivity index (χ0n) is 12.5. The number of hydrogen-bond donors (Lipinski definition) is 2. The monoisotopic (exact) mass is 310 g/mol. The first-order valence-corrected chi connectivity index (χ1v) is 8.22. The van der Waals surface area contributed by atoms with Gasteiger partial charge in [-0.2, -0.15) is 0 Å². The van der Waals surface area contributed by atoms with E-state index in [1.807, 2.05) is 6.92 Å². The standard InChI is InChI=1S/C15H22N2O3S/c1-3-20-15(19)12-8-10(2)21-14(12)17-13(18)9-16-11-6-4-5-7-11/h8,11,16H,3-7,9H2,1-2H3,(H,17,18). The first-order chi connectivity index (χ1) is 10.1. The summed E-state index contributed by atoms with van der Waals surface area (Å²) in [7, 11) is 0. The molecule has 2 rings (SSSR count). The maximum atomic E-state index is 12.0. The summed E-state index contributed by atoms with van der Waals surface area (Å²) >= 11 is 1.39. The first kappa shape index (κ1) is 16.0. The van der Waals surface area contributed by atoms with Crippen LogP contribution in [-0.2, 0) is 9.53 Å². The topological polar surface area (TPSA) is 67.4 Å². The minimum atomic E-state index is -0.388. The molecule has 116 valence electrons. The van der Waals surface area contributed by atoms with Crippen molar-refractivity contribution in [3.8, 4) is 0 Å². The quantitative estimate of drug-likeness (QED) is 0.793. The van der Waals surface area contributed by atoms with Gasteiger partial charge in [-0.05, 0) is 32.8 Å². The van der Waals surface area contributed by atoms with Gasteiger partial charge in [-0.3, -0.25) is 4.79 Å². The minimum Gasteiger partial charge on any atom is -0.462 e. The number of carbonyl (C=O) groups is 2. The van der Waals surface area contributed by atoms with Gasteiger partial charge in [-0.15, -0.1) is 11.3 Å². The third-order valence-electron chi connectivity index (χ3n) is 3.51. The number of nitrogens with one attached hydrogen (secondary N) is 2. The van der Waals surface area contributed by atoms with Crippen LogP contribution in [0.1, 0.15) is 47.8 Å². The third-order valence-corrected chi connectivity index (χ3v) is 4.48. The van der Waals surface area contributed by atoms with E-state index in [9.17, 15) is 9.59 Å². The highest BCUT2D eigenvalue weighted by atomic mass is 32.1. The lowest BCUT2D eigenvalue weighted by atomic mass is 10.2. The lowest BCUT2D eigenvalue weighted by Gasteiger charge is -2.11. The van der Waals surface area contributed by atoms with Crippen LogP contribution in [-0.4, -0.2) is 31.1 Å². The Balaban J connectivity index is 1.91. The molecule has 1 aliphatic rings. The Morgan fingerprint density at radius 1 is 1.38 bits per heavy atom. The summed E-state index contributed by atoms with van der Waals surface area (Å²) in [5.74, 6) is -0.504. The summed E-state index contributed by atoms with van der Waals surface area (Å²) in [4.78, 5) is 24.8. The van der Waals surface area contributed by atoms with Gasteiger partial charge in [0, 0.05) is 10.9 Å². The second kappa shape index (κ2) is 7.56. The fraction of sp³-hybridized carbons (Fsp3) is 0.600. The molecule has 6 heteroatoms. The van der Waals surface area contributed by atoms with Gasteiger partial charge in [0.2, 0.25) is 5.91 Å². The second-order valence-corrected chi connectivity index (χ2v) is 6.49. The van der Waals surface area contributed by atoms with Crippen LogP contribution in [0.25, 0.3) is 0 Å². The van der Waals surface area contributed by atoms with Gasteiger partial charge < -0.3 is 15.4 Å². The summed E-state index contributed by atoms with van der Waals surface area (Å²) < 4.78 is 5.01. The molecule has 0 aromatic carbocycles. The number of anilines is 1. The van der Waals surface area contributed by atoms with Crippen molar-refractivity contribution in [1.82, 2.24) is 5.32 Å². The SMILES string of the molecule is CCOC(=O)c1cc(C)sc1NC(=O)CNC1CCCC1. The van der Waals surface area contributed by atoms with Crippen molar-refractivity contribution in [1.29, 1.82) is 0 Å². The van der Waals surface area contributed by atoms with Gasteiger partial charge in [-0.1, -0.05) is 12.8 Å². The first-order valence-electron chi connectivity index (χ1n) is 7.41. The van der Waals surface area contributed by atoms with Gasteiger partial charge in [0.25, 0.3) is 0 Å². The Bertz CT molecular complexity index is 507. The van der Waals surface area contributed by atoms with Gasteiger partial charge in [0.1, 0.15) is 5.00 Å². The lowest BCUT2D eigenvalue weighted by molar-refractivity contribution is -0.115. The van der Waals surface area contributed by atoms with Crippen LogP contribution in [0.15, 0.2) is 6.07 Å². The Kier molecular flexibility index (Phi) is 5.76. The molecule has 1 heterocycles. The maximum absolute atomic E-state index is 12.0. The van der Waals surface area contributed by atoms with E-state index in [0.29, 0.717) is 23.2 Å². The average Bonchev–Trinajstić information content (AvgIpc) is 3.06. The zero-order valence-corrected chi connectivity index (χ0v) is 13.3. The molecular formula is C15H22N2O3S. The molecule has 0 saturated heterocycles. The largest absolute Gasteiger partial charge is 0.462 e. The third kappa shape index (κ3) is 4.54. The number of esters is 1. The van der Waals surface area contributed by atoms with Crippen LogP contribution in [0, 0.1) is 6.92 Å². The van der Waals surface area contributed by atoms with Crippen molar-refractivity contribution in [2.24, 2.45) is 0 Å². The molecule has 2 N–H and O–H groups in total. The second-order valence-electron chi connectivity index (χ2n) is 5.23.